The zero-order chi connectivity index (χ0) is 28.4. The molecule has 210 valence electrons. The van der Waals surface area contributed by atoms with E-state index in [1.807, 2.05) is 0 Å². The van der Waals surface area contributed by atoms with Crippen LogP contribution in [0.25, 0.3) is 0 Å². The van der Waals surface area contributed by atoms with Gasteiger partial charge < -0.3 is 11.5 Å². The molecule has 0 heterocycles. The Morgan fingerprint density at radius 3 is 1.31 bits per heavy atom. The molecule has 39 heavy (non-hydrogen) atoms. The molecule has 0 amide bonds. The minimum absolute atomic E-state index is 0. The second-order valence-corrected chi connectivity index (χ2v) is 8.25. The molecule has 0 fully saturated rings. The number of hydrogen-bond donors (Lipinski definition) is 2. The van der Waals surface area contributed by atoms with Crippen LogP contribution in [0.1, 0.15) is 70.9 Å². The number of aryl methyl sites for hydroxylation is 2. The SMILES string of the molecule is C.C.CC(=O)c1cc(C)cc([N+](=O)[O-])c1.CC(=O)c1cc(N)cc(N)c1.Cc1cc(C(=O)Cl)cc([N+](=O)[O-])c1. The number of nitrogens with zero attached hydrogens (tertiary/aromatic N) is 2. The standard InChI is InChI=1S/C9H9NO3.C8H6ClNO3.C8H10N2O.2CH4/c1-6-3-8(7(2)11)5-9(4-6)10(12)13;1-5-2-6(8(9)11)4-7(3-5)10(12)13;1-5(11)6-2-7(9)4-8(10)3-6;;/h3-5H,1-2H3;2-4H,1H3;2-4H,9-10H2,1H3;2*1H4. The molecule has 11 nitrogen and oxygen atoms in total. The smallest absolute Gasteiger partial charge is 0.270 e. The summed E-state index contributed by atoms with van der Waals surface area (Å²) >= 11 is 5.19. The van der Waals surface area contributed by atoms with Gasteiger partial charge in [-0.15, -0.1) is 0 Å². The minimum Gasteiger partial charge on any atom is -0.399 e. The number of benzene rings is 3. The van der Waals surface area contributed by atoms with Crippen LogP contribution in [0.2, 0.25) is 0 Å². The normalized spacial score (nSPS) is 9.15. The van der Waals surface area contributed by atoms with Crippen LogP contribution in [0.15, 0.2) is 54.6 Å². The first-order valence-corrected chi connectivity index (χ1v) is 10.9. The molecule has 0 saturated heterocycles. The quantitative estimate of drug-likeness (QED) is 0.112. The Morgan fingerprint density at radius 2 is 0.974 bits per heavy atom. The molecule has 3 aromatic carbocycles. The van der Waals surface area contributed by atoms with Crippen LogP contribution in [-0.2, 0) is 0 Å². The Morgan fingerprint density at radius 1 is 0.641 bits per heavy atom. The van der Waals surface area contributed by atoms with E-state index in [9.17, 15) is 34.6 Å². The van der Waals surface area contributed by atoms with Crippen molar-refractivity contribution in [3.05, 3.63) is 103 Å². The van der Waals surface area contributed by atoms with Crippen molar-refractivity contribution < 1.29 is 24.2 Å². The lowest BCUT2D eigenvalue weighted by Crippen LogP contribution is -1.97. The van der Waals surface area contributed by atoms with Crippen molar-refractivity contribution in [2.24, 2.45) is 0 Å². The van der Waals surface area contributed by atoms with Crippen molar-refractivity contribution >= 4 is 51.2 Å². The first-order chi connectivity index (χ1) is 17.1. The molecule has 0 bridgehead atoms. The highest BCUT2D eigenvalue weighted by molar-refractivity contribution is 6.67. The van der Waals surface area contributed by atoms with E-state index in [0.717, 1.165) is 11.6 Å². The van der Waals surface area contributed by atoms with Gasteiger partial charge in [0.2, 0.25) is 0 Å². The molecule has 4 N–H and O–H groups in total. The molecule has 0 radical (unpaired) electrons. The number of rotatable bonds is 5. The second-order valence-electron chi connectivity index (χ2n) is 7.90. The number of nitrogen functional groups attached to an aromatic ring is 2. The number of nitrogens with two attached hydrogens (primary N) is 2. The number of Topliss-reactive ketones (excluding diaryl/α,β-unsaturated/α-hetero) is 2. The topological polar surface area (TPSA) is 190 Å². The molecule has 0 unspecified atom stereocenters. The molecular formula is C27H33ClN4O7. The van der Waals surface area contributed by atoms with E-state index < -0.39 is 15.1 Å². The van der Waals surface area contributed by atoms with Gasteiger partial charge in [0.1, 0.15) is 0 Å². The molecule has 0 aliphatic heterocycles. The van der Waals surface area contributed by atoms with Crippen LogP contribution >= 0.6 is 11.6 Å². The number of anilines is 2. The highest BCUT2D eigenvalue weighted by Gasteiger charge is 2.11. The van der Waals surface area contributed by atoms with Crippen LogP contribution in [-0.4, -0.2) is 26.7 Å². The predicted octanol–water partition coefficient (Wildman–Crippen LogP) is 6.71. The van der Waals surface area contributed by atoms with Crippen molar-refractivity contribution in [2.75, 3.05) is 11.5 Å². The summed E-state index contributed by atoms with van der Waals surface area (Å²) in [6.45, 7) is 6.25. The fourth-order valence-electron chi connectivity index (χ4n) is 2.93. The fraction of sp³-hybridized carbons (Fsp3) is 0.222. The van der Waals surface area contributed by atoms with E-state index in [1.165, 1.54) is 38.1 Å². The number of ketones is 2. The average Bonchev–Trinajstić information content (AvgIpc) is 2.78. The summed E-state index contributed by atoms with van der Waals surface area (Å²) < 4.78 is 0. The maximum Gasteiger partial charge on any atom is 0.270 e. The molecular weight excluding hydrogens is 528 g/mol. The predicted molar refractivity (Wildman–Crippen MR) is 155 cm³/mol. The van der Waals surface area contributed by atoms with Gasteiger partial charge >= 0.3 is 0 Å². The molecule has 0 aliphatic carbocycles. The molecule has 3 aromatic rings. The largest absolute Gasteiger partial charge is 0.399 e. The van der Waals surface area contributed by atoms with Gasteiger partial charge in [-0.05, 0) is 80.8 Å². The summed E-state index contributed by atoms with van der Waals surface area (Å²) in [6, 6.07) is 13.2. The van der Waals surface area contributed by atoms with E-state index >= 15 is 0 Å². The summed E-state index contributed by atoms with van der Waals surface area (Å²) in [6.07, 6.45) is 0. The Hall–Kier alpha value is -4.64. The Bertz CT molecular complexity index is 1220. The first-order valence-electron chi connectivity index (χ1n) is 10.5. The Labute approximate surface area is 232 Å². The lowest BCUT2D eigenvalue weighted by molar-refractivity contribution is -0.385. The first kappa shape index (κ1) is 36.5. The van der Waals surface area contributed by atoms with E-state index in [4.69, 9.17) is 23.1 Å². The van der Waals surface area contributed by atoms with Gasteiger partial charge in [0.15, 0.2) is 11.6 Å². The van der Waals surface area contributed by atoms with Gasteiger partial charge in [0, 0.05) is 52.3 Å². The summed E-state index contributed by atoms with van der Waals surface area (Å²) in [7, 11) is 0. The van der Waals surface area contributed by atoms with Crippen molar-refractivity contribution in [3.8, 4) is 0 Å². The molecule has 0 spiro atoms. The third-order valence-corrected chi connectivity index (χ3v) is 4.78. The van der Waals surface area contributed by atoms with Crippen molar-refractivity contribution in [2.45, 2.75) is 42.5 Å². The lowest BCUT2D eigenvalue weighted by atomic mass is 10.1. The zero-order valence-electron chi connectivity index (χ0n) is 20.5. The van der Waals surface area contributed by atoms with Crippen LogP contribution in [0, 0.1) is 34.1 Å². The number of nitro benzene ring substituents is 2. The molecule has 0 atom stereocenters. The molecule has 0 aromatic heterocycles. The van der Waals surface area contributed by atoms with Gasteiger partial charge in [0.25, 0.3) is 16.6 Å². The number of non-ortho nitro benzene ring substituents is 2. The van der Waals surface area contributed by atoms with Gasteiger partial charge in [-0.25, -0.2) is 0 Å². The Balaban J connectivity index is 0. The van der Waals surface area contributed by atoms with Crippen molar-refractivity contribution in [1.82, 2.24) is 0 Å². The van der Waals surface area contributed by atoms with Gasteiger partial charge in [-0.3, -0.25) is 34.6 Å². The maximum atomic E-state index is 10.9. The van der Waals surface area contributed by atoms with Gasteiger partial charge in [-0.2, -0.15) is 0 Å². The summed E-state index contributed by atoms with van der Waals surface area (Å²) in [4.78, 5) is 52.2. The molecule has 0 saturated carbocycles. The number of hydrogen-bond acceptors (Lipinski definition) is 9. The highest BCUT2D eigenvalue weighted by Crippen LogP contribution is 2.18. The highest BCUT2D eigenvalue weighted by atomic mass is 35.5. The summed E-state index contributed by atoms with van der Waals surface area (Å²) in [5, 5.41) is 20.1. The number of nitro groups is 2. The van der Waals surface area contributed by atoms with Crippen LogP contribution in [0.4, 0.5) is 22.7 Å². The maximum absolute atomic E-state index is 10.9. The third-order valence-electron chi connectivity index (χ3n) is 4.56. The Kier molecular flexibility index (Phi) is 15.2. The average molecular weight is 561 g/mol. The van der Waals surface area contributed by atoms with Gasteiger partial charge in [-0.1, -0.05) is 14.9 Å². The lowest BCUT2D eigenvalue weighted by Gasteiger charge is -1.99. The monoisotopic (exact) mass is 560 g/mol. The second kappa shape index (κ2) is 16.3. The van der Waals surface area contributed by atoms with E-state index in [1.54, 1.807) is 38.1 Å². The number of halogens is 1. The van der Waals surface area contributed by atoms with Crippen molar-refractivity contribution in [1.29, 1.82) is 0 Å². The van der Waals surface area contributed by atoms with E-state index in [0.29, 0.717) is 28.1 Å². The van der Waals surface area contributed by atoms with Gasteiger partial charge in [0.05, 0.1) is 9.85 Å². The molecule has 12 heteroatoms. The zero-order valence-corrected chi connectivity index (χ0v) is 21.2. The van der Waals surface area contributed by atoms with Crippen LogP contribution in [0.5, 0.6) is 0 Å². The van der Waals surface area contributed by atoms with Crippen LogP contribution < -0.4 is 11.5 Å². The number of carbonyl (C=O) groups excluding carboxylic acids is 3. The summed E-state index contributed by atoms with van der Waals surface area (Å²) in [5.74, 6) is -0.184. The summed E-state index contributed by atoms with van der Waals surface area (Å²) in [5.41, 5.74) is 14.3. The third kappa shape index (κ3) is 12.4. The van der Waals surface area contributed by atoms with Crippen LogP contribution in [0.3, 0.4) is 0 Å². The number of carbonyl (C=O) groups is 3. The molecule has 3 rings (SSSR count). The minimum atomic E-state index is -0.688. The van der Waals surface area contributed by atoms with E-state index in [2.05, 4.69) is 0 Å². The van der Waals surface area contributed by atoms with Crippen molar-refractivity contribution in [3.63, 3.8) is 0 Å². The fourth-order valence-corrected chi connectivity index (χ4v) is 3.04. The van der Waals surface area contributed by atoms with E-state index in [-0.39, 0.29) is 43.4 Å². The molecule has 0 aliphatic rings.